The highest BCUT2D eigenvalue weighted by Crippen LogP contribution is 2.25. The molecule has 4 heteroatoms. The molecule has 0 amide bonds. The third-order valence-electron chi connectivity index (χ3n) is 11.2. The molecule has 2 aromatic rings. The molecule has 0 aromatic heterocycles. The number of hydrogen-bond donors (Lipinski definition) is 0. The van der Waals surface area contributed by atoms with Gasteiger partial charge >= 0.3 is 11.9 Å². The first-order valence-corrected chi connectivity index (χ1v) is 25.2. The molecule has 0 bridgehead atoms. The lowest BCUT2D eigenvalue weighted by molar-refractivity contribution is -0.135. The summed E-state index contributed by atoms with van der Waals surface area (Å²) in [6.07, 6.45) is 38.8. The molecule has 0 atom stereocenters. The second-order valence-corrected chi connectivity index (χ2v) is 16.9. The van der Waals surface area contributed by atoms with Crippen LogP contribution in [0.2, 0.25) is 0 Å². The number of esters is 2. The van der Waals surface area contributed by atoms with Crippen LogP contribution < -0.4 is 9.47 Å². The maximum Gasteiger partial charge on any atom is 0.311 e. The van der Waals surface area contributed by atoms with Crippen molar-refractivity contribution in [1.82, 2.24) is 0 Å². The van der Waals surface area contributed by atoms with Gasteiger partial charge in [-0.1, -0.05) is 203 Å². The van der Waals surface area contributed by atoms with E-state index in [1.165, 1.54) is 128 Å². The molecule has 338 valence electrons. The summed E-state index contributed by atoms with van der Waals surface area (Å²) in [5.41, 5.74) is 2.00. The van der Waals surface area contributed by atoms with Crippen LogP contribution in [-0.2, 0) is 9.59 Å². The predicted molar refractivity (Wildman–Crippen MR) is 263 cm³/mol. The third-order valence-corrected chi connectivity index (χ3v) is 11.2. The minimum Gasteiger partial charge on any atom is -0.427 e. The smallest absolute Gasteiger partial charge is 0.311 e. The molecule has 0 fully saturated rings. The van der Waals surface area contributed by atoms with Crippen molar-refractivity contribution in [3.8, 4) is 70.0 Å². The van der Waals surface area contributed by atoms with Crippen molar-refractivity contribution in [3.63, 3.8) is 0 Å². The van der Waals surface area contributed by atoms with Gasteiger partial charge in [0.05, 0.1) is 0 Å². The van der Waals surface area contributed by atoms with Gasteiger partial charge in [-0.15, -0.1) is 0 Å². The molecule has 0 aliphatic heterocycles. The topological polar surface area (TPSA) is 52.6 Å². The van der Waals surface area contributed by atoms with E-state index in [9.17, 15) is 9.59 Å². The zero-order valence-corrected chi connectivity index (χ0v) is 39.3. The van der Waals surface area contributed by atoms with Gasteiger partial charge in [0.25, 0.3) is 0 Å². The standard InChI is InChI=1S/C58H82O4/c1-3-5-7-9-11-13-15-17-19-21-23-25-27-29-31-33-35-37-39-41-43-57(59)61-55-49-45-53(46-50-55)54-47-51-56(52-48-54)62-58(60)44-42-40-38-36-34-32-30-28-26-24-22-20-18-16-14-12-10-8-6-4-2/h45-52H,3-20,29-44H2,1-2H3. The van der Waals surface area contributed by atoms with E-state index in [1.54, 1.807) is 0 Å². The number of rotatable bonds is 35. The number of carbonyl (C=O) groups excluding carboxylic acids is 2. The molecule has 2 rings (SSSR count). The van der Waals surface area contributed by atoms with Gasteiger partial charge in [0, 0.05) is 38.5 Å². The molecule has 0 aliphatic rings. The van der Waals surface area contributed by atoms with Gasteiger partial charge in [0.1, 0.15) is 11.5 Å². The zero-order chi connectivity index (χ0) is 44.2. The monoisotopic (exact) mass is 843 g/mol. The Balaban J connectivity index is 1.44. The minimum atomic E-state index is -0.190. The Morgan fingerprint density at radius 1 is 0.339 bits per heavy atom. The molecular formula is C58H82O4. The lowest BCUT2D eigenvalue weighted by Gasteiger charge is -2.08. The van der Waals surface area contributed by atoms with Gasteiger partial charge in [-0.3, -0.25) is 9.59 Å². The SMILES string of the molecule is CCCCCCCCCCC#CC#CCCCCCCCCC(=O)Oc1ccc(-c2ccc(OC(=O)CCCCCCCCC#CC#CCCCCCCCCCC)cc2)cc1. The van der Waals surface area contributed by atoms with E-state index in [-0.39, 0.29) is 11.9 Å². The van der Waals surface area contributed by atoms with Crippen molar-refractivity contribution in [2.45, 2.75) is 232 Å². The lowest BCUT2D eigenvalue weighted by Crippen LogP contribution is -2.07. The molecular weight excluding hydrogens is 761 g/mol. The van der Waals surface area contributed by atoms with Gasteiger partial charge in [-0.2, -0.15) is 0 Å². The summed E-state index contributed by atoms with van der Waals surface area (Å²) in [5, 5.41) is 0. The second-order valence-electron chi connectivity index (χ2n) is 16.9. The minimum absolute atomic E-state index is 0.190. The van der Waals surface area contributed by atoms with Crippen molar-refractivity contribution < 1.29 is 19.1 Å². The summed E-state index contributed by atoms with van der Waals surface area (Å²) in [4.78, 5) is 24.8. The molecule has 0 spiro atoms. The Labute approximate surface area is 380 Å². The van der Waals surface area contributed by atoms with Crippen LogP contribution in [0, 0.1) is 47.4 Å². The number of carbonyl (C=O) groups is 2. The molecule has 0 aliphatic carbocycles. The van der Waals surface area contributed by atoms with E-state index in [4.69, 9.17) is 9.47 Å². The van der Waals surface area contributed by atoms with Crippen LogP contribution in [0.25, 0.3) is 11.1 Å². The van der Waals surface area contributed by atoms with Crippen LogP contribution in [0.4, 0.5) is 0 Å². The van der Waals surface area contributed by atoms with E-state index < -0.39 is 0 Å². The maximum atomic E-state index is 12.4. The summed E-state index contributed by atoms with van der Waals surface area (Å²) < 4.78 is 11.2. The summed E-state index contributed by atoms with van der Waals surface area (Å²) >= 11 is 0. The first kappa shape index (κ1) is 53.8. The Morgan fingerprint density at radius 3 is 0.855 bits per heavy atom. The molecule has 0 heterocycles. The van der Waals surface area contributed by atoms with E-state index in [0.29, 0.717) is 24.3 Å². The fourth-order valence-electron chi connectivity index (χ4n) is 7.30. The normalized spacial score (nSPS) is 10.3. The Kier molecular flexibility index (Phi) is 35.3. The predicted octanol–water partition coefficient (Wildman–Crippen LogP) is 16.5. The highest BCUT2D eigenvalue weighted by atomic mass is 16.5. The van der Waals surface area contributed by atoms with Crippen LogP contribution in [-0.4, -0.2) is 11.9 Å². The van der Waals surface area contributed by atoms with Crippen LogP contribution >= 0.6 is 0 Å². The maximum absolute atomic E-state index is 12.4. The van der Waals surface area contributed by atoms with Gasteiger partial charge < -0.3 is 9.47 Å². The highest BCUT2D eigenvalue weighted by molar-refractivity contribution is 5.74. The van der Waals surface area contributed by atoms with E-state index in [0.717, 1.165) is 88.2 Å². The summed E-state index contributed by atoms with van der Waals surface area (Å²) in [6.45, 7) is 4.53. The van der Waals surface area contributed by atoms with Crippen molar-refractivity contribution in [2.75, 3.05) is 0 Å². The molecule has 2 aromatic carbocycles. The fraction of sp³-hybridized carbons (Fsp3) is 0.621. The molecule has 0 radical (unpaired) electrons. The Morgan fingerprint density at radius 2 is 0.581 bits per heavy atom. The molecule has 0 unspecified atom stereocenters. The van der Waals surface area contributed by atoms with Crippen molar-refractivity contribution in [2.24, 2.45) is 0 Å². The fourth-order valence-corrected chi connectivity index (χ4v) is 7.30. The first-order chi connectivity index (χ1) is 30.6. The molecule has 0 saturated carbocycles. The van der Waals surface area contributed by atoms with Crippen molar-refractivity contribution in [3.05, 3.63) is 48.5 Å². The number of unbranched alkanes of at least 4 members (excludes halogenated alkanes) is 28. The van der Waals surface area contributed by atoms with Crippen molar-refractivity contribution in [1.29, 1.82) is 0 Å². The van der Waals surface area contributed by atoms with Gasteiger partial charge in [0.2, 0.25) is 0 Å². The quantitative estimate of drug-likeness (QED) is 0.0300. The van der Waals surface area contributed by atoms with Gasteiger partial charge in [-0.25, -0.2) is 0 Å². The van der Waals surface area contributed by atoms with E-state index >= 15 is 0 Å². The largest absolute Gasteiger partial charge is 0.427 e. The van der Waals surface area contributed by atoms with Crippen molar-refractivity contribution >= 4 is 11.9 Å². The number of benzene rings is 2. The average Bonchev–Trinajstić information content (AvgIpc) is 3.28. The lowest BCUT2D eigenvalue weighted by atomic mass is 10.1. The van der Waals surface area contributed by atoms with Crippen LogP contribution in [0.1, 0.15) is 232 Å². The van der Waals surface area contributed by atoms with E-state index in [2.05, 4.69) is 61.2 Å². The van der Waals surface area contributed by atoms with Crippen LogP contribution in [0.5, 0.6) is 11.5 Å². The van der Waals surface area contributed by atoms with Crippen LogP contribution in [0.3, 0.4) is 0 Å². The summed E-state index contributed by atoms with van der Waals surface area (Å²) in [6, 6.07) is 15.1. The van der Waals surface area contributed by atoms with E-state index in [1.807, 2.05) is 48.5 Å². The third kappa shape index (κ3) is 32.3. The molecule has 0 saturated heterocycles. The molecule has 4 nitrogen and oxygen atoms in total. The number of ether oxygens (including phenoxy) is 2. The molecule has 0 N–H and O–H groups in total. The second kappa shape index (κ2) is 40.7. The Hall–Kier alpha value is -4.38. The highest BCUT2D eigenvalue weighted by Gasteiger charge is 2.08. The van der Waals surface area contributed by atoms with Gasteiger partial charge in [0.15, 0.2) is 0 Å². The van der Waals surface area contributed by atoms with Gasteiger partial charge in [-0.05, 0) is 97.6 Å². The molecule has 62 heavy (non-hydrogen) atoms. The summed E-state index contributed by atoms with van der Waals surface area (Å²) in [5.74, 6) is 25.6. The van der Waals surface area contributed by atoms with Crippen LogP contribution in [0.15, 0.2) is 48.5 Å². The first-order valence-electron chi connectivity index (χ1n) is 25.2. The number of hydrogen-bond acceptors (Lipinski definition) is 4. The average molecular weight is 843 g/mol. The zero-order valence-electron chi connectivity index (χ0n) is 39.3. The Bertz CT molecular complexity index is 1550. The summed E-state index contributed by atoms with van der Waals surface area (Å²) in [7, 11) is 0.